The first-order chi connectivity index (χ1) is 14.3. The van der Waals surface area contributed by atoms with Gasteiger partial charge in [-0.25, -0.2) is 9.97 Å². The largest absolute Gasteiger partial charge is 0.435 e. The minimum Gasteiger partial charge on any atom is -0.435 e. The van der Waals surface area contributed by atoms with Crippen molar-refractivity contribution in [3.8, 4) is 21.5 Å². The van der Waals surface area contributed by atoms with Crippen LogP contribution in [-0.2, 0) is 5.41 Å². The van der Waals surface area contributed by atoms with E-state index in [0.29, 0.717) is 17.7 Å². The van der Waals surface area contributed by atoms with Crippen molar-refractivity contribution < 1.29 is 8.83 Å². The molecule has 0 spiro atoms. The molecule has 0 atom stereocenters. The predicted octanol–water partition coefficient (Wildman–Crippen LogP) is 7.79. The standard InChI is InChI=1S/C25H24N2O2S/c1-14(2)15-6-8-19-17(12-15)26-23(28-19)21-10-11-22(30-21)24-27-18-13-16(25(3,4)5)7-9-20(18)29-24/h6-14H,1-5H3. The lowest BCUT2D eigenvalue weighted by molar-refractivity contribution is 0.590. The molecule has 3 heterocycles. The summed E-state index contributed by atoms with van der Waals surface area (Å²) >= 11 is 1.58. The van der Waals surface area contributed by atoms with E-state index in [1.807, 2.05) is 24.3 Å². The van der Waals surface area contributed by atoms with Crippen LogP contribution in [0.3, 0.4) is 0 Å². The zero-order valence-corrected chi connectivity index (χ0v) is 18.6. The summed E-state index contributed by atoms with van der Waals surface area (Å²) in [7, 11) is 0. The molecule has 0 unspecified atom stereocenters. The van der Waals surface area contributed by atoms with Crippen LogP contribution in [0.15, 0.2) is 57.4 Å². The van der Waals surface area contributed by atoms with Crippen LogP contribution in [-0.4, -0.2) is 9.97 Å². The minimum absolute atomic E-state index is 0.0752. The smallest absolute Gasteiger partial charge is 0.237 e. The Morgan fingerprint density at radius 2 is 1.33 bits per heavy atom. The van der Waals surface area contributed by atoms with Gasteiger partial charge in [0, 0.05) is 0 Å². The summed E-state index contributed by atoms with van der Waals surface area (Å²) in [4.78, 5) is 11.4. The fourth-order valence-electron chi connectivity index (χ4n) is 3.48. The van der Waals surface area contributed by atoms with Gasteiger partial charge in [0.25, 0.3) is 0 Å². The predicted molar refractivity (Wildman–Crippen MR) is 123 cm³/mol. The molecule has 0 radical (unpaired) electrons. The van der Waals surface area contributed by atoms with Gasteiger partial charge in [-0.15, -0.1) is 11.3 Å². The molecule has 30 heavy (non-hydrogen) atoms. The highest BCUT2D eigenvalue weighted by atomic mass is 32.1. The highest BCUT2D eigenvalue weighted by Gasteiger charge is 2.18. The third-order valence-electron chi connectivity index (χ3n) is 5.36. The van der Waals surface area contributed by atoms with Gasteiger partial charge in [-0.1, -0.05) is 46.8 Å². The molecule has 0 saturated carbocycles. The van der Waals surface area contributed by atoms with Gasteiger partial charge in [0.05, 0.1) is 9.75 Å². The van der Waals surface area contributed by atoms with Gasteiger partial charge in [0.1, 0.15) is 11.0 Å². The molecule has 0 saturated heterocycles. The molecule has 152 valence electrons. The van der Waals surface area contributed by atoms with Crippen molar-refractivity contribution >= 4 is 33.5 Å². The average molecular weight is 417 g/mol. The van der Waals surface area contributed by atoms with E-state index < -0.39 is 0 Å². The molecule has 5 heteroatoms. The van der Waals surface area contributed by atoms with Crippen molar-refractivity contribution in [3.63, 3.8) is 0 Å². The Morgan fingerprint density at radius 1 is 0.767 bits per heavy atom. The Hall–Kier alpha value is -2.92. The number of fused-ring (bicyclic) bond motifs is 2. The van der Waals surface area contributed by atoms with E-state index in [1.165, 1.54) is 11.1 Å². The van der Waals surface area contributed by atoms with Gasteiger partial charge in [-0.2, -0.15) is 0 Å². The second-order valence-corrected chi connectivity index (χ2v) is 10.1. The highest BCUT2D eigenvalue weighted by molar-refractivity contribution is 7.18. The van der Waals surface area contributed by atoms with Crippen LogP contribution >= 0.6 is 11.3 Å². The molecule has 0 aliphatic carbocycles. The number of oxazole rings is 2. The second kappa shape index (κ2) is 6.81. The normalized spacial score (nSPS) is 12.5. The maximum absolute atomic E-state index is 6.02. The van der Waals surface area contributed by atoms with E-state index in [4.69, 9.17) is 18.8 Å². The molecule has 4 nitrogen and oxygen atoms in total. The maximum atomic E-state index is 6.02. The van der Waals surface area contributed by atoms with E-state index in [9.17, 15) is 0 Å². The first-order valence-electron chi connectivity index (χ1n) is 10.2. The summed E-state index contributed by atoms with van der Waals surface area (Å²) in [5.74, 6) is 1.72. The van der Waals surface area contributed by atoms with Gasteiger partial charge < -0.3 is 8.83 Å². The fourth-order valence-corrected chi connectivity index (χ4v) is 4.33. The summed E-state index contributed by atoms with van der Waals surface area (Å²) in [6.45, 7) is 11.0. The number of thiophene rings is 1. The van der Waals surface area contributed by atoms with Crippen molar-refractivity contribution in [1.29, 1.82) is 0 Å². The lowest BCUT2D eigenvalue weighted by Gasteiger charge is -2.18. The maximum Gasteiger partial charge on any atom is 0.237 e. The molecule has 2 aromatic carbocycles. The Labute approximate surface area is 179 Å². The van der Waals surface area contributed by atoms with Crippen LogP contribution in [0, 0.1) is 0 Å². The zero-order valence-electron chi connectivity index (χ0n) is 17.8. The Balaban J connectivity index is 1.50. The van der Waals surface area contributed by atoms with Crippen molar-refractivity contribution in [2.45, 2.75) is 46.0 Å². The molecule has 5 rings (SSSR count). The van der Waals surface area contributed by atoms with Crippen LogP contribution < -0.4 is 0 Å². The monoisotopic (exact) mass is 416 g/mol. The lowest BCUT2D eigenvalue weighted by atomic mass is 9.87. The van der Waals surface area contributed by atoms with Crippen LogP contribution in [0.1, 0.15) is 51.7 Å². The Bertz CT molecular complexity index is 1370. The number of aromatic nitrogens is 2. The number of hydrogen-bond donors (Lipinski definition) is 0. The zero-order chi connectivity index (χ0) is 21.0. The summed E-state index contributed by atoms with van der Waals surface area (Å²) in [5.41, 5.74) is 5.96. The first-order valence-corrected chi connectivity index (χ1v) is 11.0. The first kappa shape index (κ1) is 19.1. The third-order valence-corrected chi connectivity index (χ3v) is 6.42. The lowest BCUT2D eigenvalue weighted by Crippen LogP contribution is -2.10. The van der Waals surface area contributed by atoms with Crippen molar-refractivity contribution in [2.75, 3.05) is 0 Å². The number of nitrogens with zero attached hydrogens (tertiary/aromatic N) is 2. The second-order valence-electron chi connectivity index (χ2n) is 9.02. The summed E-state index contributed by atoms with van der Waals surface area (Å²) in [6, 6.07) is 16.5. The number of benzene rings is 2. The van der Waals surface area contributed by atoms with E-state index >= 15 is 0 Å². The quantitative estimate of drug-likeness (QED) is 0.301. The van der Waals surface area contributed by atoms with E-state index in [-0.39, 0.29) is 5.41 Å². The third kappa shape index (κ3) is 3.33. The van der Waals surface area contributed by atoms with Gasteiger partial charge in [0.2, 0.25) is 11.8 Å². The Morgan fingerprint density at radius 3 is 1.90 bits per heavy atom. The molecular formula is C25H24N2O2S. The van der Waals surface area contributed by atoms with E-state index in [2.05, 4.69) is 58.9 Å². The van der Waals surface area contributed by atoms with Crippen LogP contribution in [0.5, 0.6) is 0 Å². The average Bonchev–Trinajstić information content (AvgIpc) is 3.42. The molecule has 0 aliphatic heterocycles. The van der Waals surface area contributed by atoms with E-state index in [1.54, 1.807) is 11.3 Å². The van der Waals surface area contributed by atoms with Crippen molar-refractivity contribution in [1.82, 2.24) is 9.97 Å². The molecule has 0 N–H and O–H groups in total. The molecule has 0 amide bonds. The van der Waals surface area contributed by atoms with Crippen molar-refractivity contribution in [2.24, 2.45) is 0 Å². The number of rotatable bonds is 3. The summed E-state index contributed by atoms with van der Waals surface area (Å²) in [6.07, 6.45) is 0. The summed E-state index contributed by atoms with van der Waals surface area (Å²) in [5, 5.41) is 0. The molecule has 3 aromatic heterocycles. The van der Waals surface area contributed by atoms with Crippen molar-refractivity contribution in [3.05, 3.63) is 59.7 Å². The van der Waals surface area contributed by atoms with Gasteiger partial charge in [0.15, 0.2) is 11.2 Å². The fraction of sp³-hybridized carbons (Fsp3) is 0.280. The highest BCUT2D eigenvalue weighted by Crippen LogP contribution is 2.37. The SMILES string of the molecule is CC(C)c1ccc2oc(-c3ccc(-c4nc5cc(C(C)(C)C)ccc5o4)s3)nc2c1. The molecule has 0 fully saturated rings. The van der Waals surface area contributed by atoms with Crippen LogP contribution in [0.25, 0.3) is 43.7 Å². The van der Waals surface area contributed by atoms with Gasteiger partial charge in [-0.05, 0) is 58.9 Å². The van der Waals surface area contributed by atoms with Gasteiger partial charge >= 0.3 is 0 Å². The number of hydrogen-bond acceptors (Lipinski definition) is 5. The van der Waals surface area contributed by atoms with Gasteiger partial charge in [-0.3, -0.25) is 0 Å². The summed E-state index contributed by atoms with van der Waals surface area (Å²) < 4.78 is 12.0. The Kier molecular flexibility index (Phi) is 4.33. The minimum atomic E-state index is 0.0752. The molecule has 0 aliphatic rings. The molecule has 0 bridgehead atoms. The van der Waals surface area contributed by atoms with E-state index in [0.717, 1.165) is 32.0 Å². The van der Waals surface area contributed by atoms with Crippen LogP contribution in [0.4, 0.5) is 0 Å². The van der Waals surface area contributed by atoms with Crippen LogP contribution in [0.2, 0.25) is 0 Å². The topological polar surface area (TPSA) is 52.1 Å². The molecule has 5 aromatic rings. The molecular weight excluding hydrogens is 392 g/mol.